The monoisotopic (exact) mass is 226 g/mol. The molecule has 0 radical (unpaired) electrons. The lowest BCUT2D eigenvalue weighted by molar-refractivity contribution is 0.878. The normalized spacial score (nSPS) is 12.2. The molecule has 0 amide bonds. The lowest BCUT2D eigenvalue weighted by Gasteiger charge is -2.17. The van der Waals surface area contributed by atoms with E-state index in [0.29, 0.717) is 0 Å². The quantitative estimate of drug-likeness (QED) is 0.859. The van der Waals surface area contributed by atoms with Gasteiger partial charge in [0.05, 0.1) is 11.9 Å². The van der Waals surface area contributed by atoms with Gasteiger partial charge in [-0.3, -0.25) is 4.98 Å². The van der Waals surface area contributed by atoms with Gasteiger partial charge in [0.1, 0.15) is 0 Å². The van der Waals surface area contributed by atoms with Crippen molar-refractivity contribution < 1.29 is 0 Å². The summed E-state index contributed by atoms with van der Waals surface area (Å²) in [6, 6.07) is 10.9. The molecule has 0 fully saturated rings. The van der Waals surface area contributed by atoms with Crippen molar-refractivity contribution in [2.75, 3.05) is 5.32 Å². The van der Waals surface area contributed by atoms with E-state index in [2.05, 4.69) is 55.3 Å². The first-order valence-electron chi connectivity index (χ1n) is 5.90. The molecule has 2 heteroatoms. The van der Waals surface area contributed by atoms with Crippen molar-refractivity contribution >= 4 is 5.69 Å². The van der Waals surface area contributed by atoms with E-state index in [1.54, 1.807) is 0 Å². The minimum Gasteiger partial charge on any atom is -0.377 e. The van der Waals surface area contributed by atoms with Gasteiger partial charge >= 0.3 is 0 Å². The van der Waals surface area contributed by atoms with E-state index in [0.717, 1.165) is 5.69 Å². The number of aryl methyl sites for hydroxylation is 2. The van der Waals surface area contributed by atoms with E-state index in [9.17, 15) is 0 Å². The van der Waals surface area contributed by atoms with Crippen LogP contribution in [0.5, 0.6) is 0 Å². The second kappa shape index (κ2) is 5.00. The fourth-order valence-electron chi connectivity index (χ4n) is 1.87. The number of benzene rings is 1. The fraction of sp³-hybridized carbons (Fsp3) is 0.267. The first-order valence-corrected chi connectivity index (χ1v) is 5.90. The largest absolute Gasteiger partial charge is 0.377 e. The lowest BCUT2D eigenvalue weighted by Crippen LogP contribution is -2.08. The summed E-state index contributed by atoms with van der Waals surface area (Å²) in [4.78, 5) is 4.15. The molecule has 0 aliphatic carbocycles. The van der Waals surface area contributed by atoms with Gasteiger partial charge in [0.15, 0.2) is 0 Å². The molecular formula is C15H18N2. The smallest absolute Gasteiger partial charge is 0.0561 e. The van der Waals surface area contributed by atoms with Crippen molar-refractivity contribution in [3.05, 3.63) is 59.4 Å². The van der Waals surface area contributed by atoms with Crippen LogP contribution in [0.2, 0.25) is 0 Å². The van der Waals surface area contributed by atoms with Gasteiger partial charge in [0.25, 0.3) is 0 Å². The van der Waals surface area contributed by atoms with Crippen LogP contribution in [0.15, 0.2) is 42.7 Å². The highest BCUT2D eigenvalue weighted by Gasteiger charge is 2.06. The van der Waals surface area contributed by atoms with Crippen molar-refractivity contribution in [1.29, 1.82) is 0 Å². The van der Waals surface area contributed by atoms with Gasteiger partial charge in [-0.05, 0) is 38.0 Å². The third-order valence-electron chi connectivity index (χ3n) is 2.95. The molecule has 0 aliphatic heterocycles. The second-order valence-corrected chi connectivity index (χ2v) is 4.47. The van der Waals surface area contributed by atoms with Gasteiger partial charge < -0.3 is 5.32 Å². The van der Waals surface area contributed by atoms with Crippen molar-refractivity contribution in [1.82, 2.24) is 4.98 Å². The molecule has 1 unspecified atom stereocenters. The minimum absolute atomic E-state index is 0.290. The molecule has 1 aromatic heterocycles. The summed E-state index contributed by atoms with van der Waals surface area (Å²) in [5, 5.41) is 3.49. The predicted octanol–water partition coefficient (Wildman–Crippen LogP) is 3.87. The number of anilines is 1. The standard InChI is InChI=1S/C15H18N2/c1-11-5-4-6-14(9-11)13(3)17-15-10-16-8-7-12(15)2/h4-10,13,17H,1-3H3. The molecule has 17 heavy (non-hydrogen) atoms. The number of hydrogen-bond acceptors (Lipinski definition) is 2. The van der Waals surface area contributed by atoms with Gasteiger partial charge in [0, 0.05) is 12.2 Å². The van der Waals surface area contributed by atoms with Crippen LogP contribution in [0.1, 0.15) is 29.7 Å². The van der Waals surface area contributed by atoms with Crippen molar-refractivity contribution in [3.8, 4) is 0 Å². The molecule has 2 nitrogen and oxygen atoms in total. The van der Waals surface area contributed by atoms with E-state index in [1.165, 1.54) is 16.7 Å². The van der Waals surface area contributed by atoms with Crippen LogP contribution in [0.3, 0.4) is 0 Å². The Bertz CT molecular complexity index is 506. The Morgan fingerprint density at radius 2 is 2.00 bits per heavy atom. The lowest BCUT2D eigenvalue weighted by atomic mass is 10.1. The summed E-state index contributed by atoms with van der Waals surface area (Å²) in [5.74, 6) is 0. The van der Waals surface area contributed by atoms with Gasteiger partial charge in [-0.15, -0.1) is 0 Å². The highest BCUT2D eigenvalue weighted by Crippen LogP contribution is 2.21. The average molecular weight is 226 g/mol. The third-order valence-corrected chi connectivity index (χ3v) is 2.95. The second-order valence-electron chi connectivity index (χ2n) is 4.47. The zero-order valence-electron chi connectivity index (χ0n) is 10.6. The molecule has 1 N–H and O–H groups in total. The van der Waals surface area contributed by atoms with E-state index >= 15 is 0 Å². The Kier molecular flexibility index (Phi) is 3.43. The van der Waals surface area contributed by atoms with Gasteiger partial charge in [-0.2, -0.15) is 0 Å². The zero-order valence-corrected chi connectivity index (χ0v) is 10.6. The average Bonchev–Trinajstić information content (AvgIpc) is 2.32. The highest BCUT2D eigenvalue weighted by atomic mass is 14.9. The molecule has 1 heterocycles. The molecule has 0 aliphatic rings. The fourth-order valence-corrected chi connectivity index (χ4v) is 1.87. The maximum Gasteiger partial charge on any atom is 0.0561 e. The highest BCUT2D eigenvalue weighted by molar-refractivity contribution is 5.49. The van der Waals surface area contributed by atoms with E-state index < -0.39 is 0 Å². The van der Waals surface area contributed by atoms with Crippen molar-refractivity contribution in [2.45, 2.75) is 26.8 Å². The number of rotatable bonds is 3. The molecule has 88 valence electrons. The van der Waals surface area contributed by atoms with Crippen LogP contribution in [-0.4, -0.2) is 4.98 Å². The molecule has 0 spiro atoms. The Morgan fingerprint density at radius 1 is 1.18 bits per heavy atom. The number of aromatic nitrogens is 1. The zero-order chi connectivity index (χ0) is 12.3. The molecular weight excluding hydrogens is 208 g/mol. The van der Waals surface area contributed by atoms with E-state index in [4.69, 9.17) is 0 Å². The summed E-state index contributed by atoms with van der Waals surface area (Å²) in [5.41, 5.74) is 4.91. The number of hydrogen-bond donors (Lipinski definition) is 1. The molecule has 0 saturated carbocycles. The van der Waals surface area contributed by atoms with Crippen LogP contribution in [-0.2, 0) is 0 Å². The van der Waals surface area contributed by atoms with Crippen LogP contribution < -0.4 is 5.32 Å². The third kappa shape index (κ3) is 2.84. The van der Waals surface area contributed by atoms with Crippen LogP contribution in [0.4, 0.5) is 5.69 Å². The summed E-state index contributed by atoms with van der Waals surface area (Å²) in [6.07, 6.45) is 3.69. The van der Waals surface area contributed by atoms with E-state index in [1.807, 2.05) is 18.5 Å². The maximum atomic E-state index is 4.15. The Morgan fingerprint density at radius 3 is 2.71 bits per heavy atom. The SMILES string of the molecule is Cc1cccc(C(C)Nc2cnccc2C)c1. The molecule has 1 aromatic carbocycles. The summed E-state index contributed by atoms with van der Waals surface area (Å²) >= 11 is 0. The first-order chi connectivity index (χ1) is 8.16. The Balaban J connectivity index is 2.17. The van der Waals surface area contributed by atoms with Crippen LogP contribution in [0.25, 0.3) is 0 Å². The minimum atomic E-state index is 0.290. The number of nitrogens with one attached hydrogen (secondary N) is 1. The topological polar surface area (TPSA) is 24.9 Å². The molecule has 2 aromatic rings. The predicted molar refractivity (Wildman–Crippen MR) is 72.2 cm³/mol. The summed E-state index contributed by atoms with van der Waals surface area (Å²) in [6.45, 7) is 6.37. The Labute approximate surface area is 103 Å². The summed E-state index contributed by atoms with van der Waals surface area (Å²) in [7, 11) is 0. The molecule has 0 saturated heterocycles. The molecule has 2 rings (SSSR count). The Hall–Kier alpha value is -1.83. The first kappa shape index (κ1) is 11.6. The number of pyridine rings is 1. The number of nitrogens with zero attached hydrogens (tertiary/aromatic N) is 1. The van der Waals surface area contributed by atoms with Crippen molar-refractivity contribution in [3.63, 3.8) is 0 Å². The van der Waals surface area contributed by atoms with Crippen molar-refractivity contribution in [2.24, 2.45) is 0 Å². The van der Waals surface area contributed by atoms with Crippen LogP contribution >= 0.6 is 0 Å². The molecule has 1 atom stereocenters. The van der Waals surface area contributed by atoms with Gasteiger partial charge in [-0.25, -0.2) is 0 Å². The maximum absolute atomic E-state index is 4.15. The van der Waals surface area contributed by atoms with Gasteiger partial charge in [0.2, 0.25) is 0 Å². The van der Waals surface area contributed by atoms with E-state index in [-0.39, 0.29) is 6.04 Å². The van der Waals surface area contributed by atoms with Crippen LogP contribution in [0, 0.1) is 13.8 Å². The summed E-state index contributed by atoms with van der Waals surface area (Å²) < 4.78 is 0. The molecule has 0 bridgehead atoms. The van der Waals surface area contributed by atoms with Gasteiger partial charge in [-0.1, -0.05) is 29.8 Å².